The lowest BCUT2D eigenvalue weighted by Gasteiger charge is -2.22. The highest BCUT2D eigenvalue weighted by Gasteiger charge is 2.31. The first-order valence-electron chi connectivity index (χ1n) is 11.7. The van der Waals surface area contributed by atoms with Crippen molar-refractivity contribution in [2.45, 2.75) is 90.4 Å². The van der Waals surface area contributed by atoms with Gasteiger partial charge in [0.15, 0.2) is 0 Å². The lowest BCUT2D eigenvalue weighted by atomic mass is 9.80. The van der Waals surface area contributed by atoms with Gasteiger partial charge in [-0.25, -0.2) is 0 Å². The summed E-state index contributed by atoms with van der Waals surface area (Å²) in [6, 6.07) is 5.83. The number of aliphatic hydroxyl groups excluding tert-OH is 1. The van der Waals surface area contributed by atoms with Gasteiger partial charge < -0.3 is 9.63 Å². The number of aromatic nitrogens is 1. The molecule has 0 fully saturated rings. The summed E-state index contributed by atoms with van der Waals surface area (Å²) in [5.41, 5.74) is 4.13. The Hall–Kier alpha value is -1.65. The first kappa shape index (κ1) is 24.0. The van der Waals surface area contributed by atoms with Crippen LogP contribution >= 0.6 is 11.6 Å². The molecule has 1 aliphatic carbocycles. The summed E-state index contributed by atoms with van der Waals surface area (Å²) < 4.78 is 5.88. The highest BCUT2D eigenvalue weighted by atomic mass is 35.5. The number of aliphatic hydroxyl groups is 1. The highest BCUT2D eigenvalue weighted by molar-refractivity contribution is 6.31. The van der Waals surface area contributed by atoms with E-state index in [0.717, 1.165) is 54.7 Å². The van der Waals surface area contributed by atoms with Crippen LogP contribution in [0.25, 0.3) is 0 Å². The number of rotatable bonds is 11. The second kappa shape index (κ2) is 11.3. The van der Waals surface area contributed by atoms with Gasteiger partial charge in [0.2, 0.25) is 0 Å². The number of nitrogens with zero attached hydrogens (tertiary/aromatic N) is 1. The Labute approximate surface area is 191 Å². The molecule has 170 valence electrons. The molecular weight excluding hydrogens is 410 g/mol. The van der Waals surface area contributed by atoms with Gasteiger partial charge in [-0.1, -0.05) is 49.2 Å². The zero-order valence-electron chi connectivity index (χ0n) is 19.1. The summed E-state index contributed by atoms with van der Waals surface area (Å²) >= 11 is 6.34. The molecule has 1 aliphatic rings. The molecule has 0 saturated carbocycles. The van der Waals surface area contributed by atoms with Gasteiger partial charge in [0, 0.05) is 41.9 Å². The van der Waals surface area contributed by atoms with E-state index in [-0.39, 0.29) is 18.3 Å². The monoisotopic (exact) mass is 445 g/mol. The van der Waals surface area contributed by atoms with Crippen LogP contribution in [0.15, 0.2) is 22.7 Å². The van der Waals surface area contributed by atoms with E-state index in [1.807, 2.05) is 25.1 Å². The van der Waals surface area contributed by atoms with Crippen LogP contribution in [-0.2, 0) is 17.6 Å². The maximum atomic E-state index is 12.9. The van der Waals surface area contributed by atoms with Crippen LogP contribution in [0.4, 0.5) is 0 Å². The molecule has 0 saturated heterocycles. The third kappa shape index (κ3) is 6.43. The second-order valence-corrected chi connectivity index (χ2v) is 9.96. The molecule has 2 aromatic rings. The topological polar surface area (TPSA) is 63.3 Å². The van der Waals surface area contributed by atoms with Crippen molar-refractivity contribution >= 4 is 17.4 Å². The van der Waals surface area contributed by atoms with Gasteiger partial charge in [-0.05, 0) is 68.6 Å². The van der Waals surface area contributed by atoms with Crippen LogP contribution in [-0.4, -0.2) is 22.7 Å². The zero-order chi connectivity index (χ0) is 22.4. The van der Waals surface area contributed by atoms with Crippen LogP contribution in [0.1, 0.15) is 98.8 Å². The van der Waals surface area contributed by atoms with E-state index < -0.39 is 0 Å². The maximum Gasteiger partial charge on any atom is 0.143 e. The van der Waals surface area contributed by atoms with E-state index in [4.69, 9.17) is 16.1 Å². The molecule has 1 aromatic heterocycles. The molecule has 0 spiro atoms. The fraction of sp³-hybridized carbons (Fsp3) is 0.615. The summed E-state index contributed by atoms with van der Waals surface area (Å²) in [6.45, 7) is 6.62. The number of hydrogen-bond acceptors (Lipinski definition) is 4. The van der Waals surface area contributed by atoms with Crippen molar-refractivity contribution in [1.82, 2.24) is 5.16 Å². The Morgan fingerprint density at radius 3 is 2.84 bits per heavy atom. The van der Waals surface area contributed by atoms with Crippen LogP contribution in [0, 0.1) is 12.8 Å². The Balaban J connectivity index is 1.75. The van der Waals surface area contributed by atoms with Crippen molar-refractivity contribution in [2.75, 3.05) is 6.61 Å². The first-order valence-corrected chi connectivity index (χ1v) is 12.1. The van der Waals surface area contributed by atoms with Crippen LogP contribution < -0.4 is 0 Å². The van der Waals surface area contributed by atoms with Crippen molar-refractivity contribution in [3.8, 4) is 0 Å². The highest BCUT2D eigenvalue weighted by Crippen LogP contribution is 2.40. The molecule has 2 atom stereocenters. The SMILES string of the molecule is Cc1ccc(CC(=O)C[C@H](CCCO)c2noc3c2CCCC3CCC(C)C)c(Cl)c1. The summed E-state index contributed by atoms with van der Waals surface area (Å²) in [5, 5.41) is 14.5. The van der Waals surface area contributed by atoms with Crippen molar-refractivity contribution in [3.05, 3.63) is 51.4 Å². The number of carbonyl (C=O) groups is 1. The number of ketones is 1. The molecule has 0 radical (unpaired) electrons. The Morgan fingerprint density at radius 2 is 2.13 bits per heavy atom. The summed E-state index contributed by atoms with van der Waals surface area (Å²) in [4.78, 5) is 12.9. The molecule has 1 N–H and O–H groups in total. The molecule has 5 heteroatoms. The molecule has 0 aliphatic heterocycles. The molecule has 0 bridgehead atoms. The van der Waals surface area contributed by atoms with E-state index in [1.165, 1.54) is 12.0 Å². The predicted octanol–water partition coefficient (Wildman–Crippen LogP) is 6.55. The first-order chi connectivity index (χ1) is 14.9. The van der Waals surface area contributed by atoms with Gasteiger partial charge in [0.05, 0.1) is 5.69 Å². The minimum absolute atomic E-state index is 0.0137. The van der Waals surface area contributed by atoms with Gasteiger partial charge in [0.1, 0.15) is 11.5 Å². The number of halogens is 1. The molecule has 3 rings (SSSR count). The summed E-state index contributed by atoms with van der Waals surface area (Å²) in [5.74, 6) is 2.30. The fourth-order valence-electron chi connectivity index (χ4n) is 4.72. The standard InChI is InChI=1S/C26H36ClNO3/c1-17(2)9-11-19-6-4-8-23-25(28-31-26(19)23)21(7-5-13-29)16-22(30)15-20-12-10-18(3)14-24(20)27/h10,12,14,17,19,21,29H,4-9,11,13,15-16H2,1-3H3/t19?,21-/m0/s1. The number of Topliss-reactive ketones (excluding diaryl/α,β-unsaturated/α-hetero) is 1. The normalized spacial score (nSPS) is 17.0. The molecule has 1 unspecified atom stereocenters. The largest absolute Gasteiger partial charge is 0.396 e. The molecule has 1 aromatic carbocycles. The number of hydrogen-bond donors (Lipinski definition) is 1. The molecule has 4 nitrogen and oxygen atoms in total. The summed E-state index contributed by atoms with van der Waals surface area (Å²) in [6.07, 6.45) is 7.70. The van der Waals surface area contributed by atoms with E-state index in [1.54, 1.807) is 0 Å². The van der Waals surface area contributed by atoms with Crippen molar-refractivity contribution in [2.24, 2.45) is 5.92 Å². The lowest BCUT2D eigenvalue weighted by Crippen LogP contribution is -2.15. The number of benzene rings is 1. The quantitative estimate of drug-likeness (QED) is 0.425. The average Bonchev–Trinajstić information content (AvgIpc) is 3.16. The fourth-order valence-corrected chi connectivity index (χ4v) is 5.02. The van der Waals surface area contributed by atoms with Crippen LogP contribution in [0.2, 0.25) is 5.02 Å². The zero-order valence-corrected chi connectivity index (χ0v) is 19.9. The van der Waals surface area contributed by atoms with Crippen molar-refractivity contribution in [1.29, 1.82) is 0 Å². The second-order valence-electron chi connectivity index (χ2n) is 9.55. The number of aryl methyl sites for hydroxylation is 1. The van der Waals surface area contributed by atoms with Gasteiger partial charge >= 0.3 is 0 Å². The maximum absolute atomic E-state index is 12.9. The molecule has 1 heterocycles. The van der Waals surface area contributed by atoms with Crippen molar-refractivity contribution < 1.29 is 14.4 Å². The minimum Gasteiger partial charge on any atom is -0.396 e. The average molecular weight is 446 g/mol. The van der Waals surface area contributed by atoms with Gasteiger partial charge in [0.25, 0.3) is 0 Å². The Bertz CT molecular complexity index is 874. The summed E-state index contributed by atoms with van der Waals surface area (Å²) in [7, 11) is 0. The smallest absolute Gasteiger partial charge is 0.143 e. The number of carbonyl (C=O) groups excluding carboxylic acids is 1. The number of fused-ring (bicyclic) bond motifs is 1. The van der Waals surface area contributed by atoms with Gasteiger partial charge in [-0.3, -0.25) is 4.79 Å². The molecule has 31 heavy (non-hydrogen) atoms. The molecular formula is C26H36ClNO3. The van der Waals surface area contributed by atoms with Gasteiger partial charge in [-0.2, -0.15) is 0 Å². The van der Waals surface area contributed by atoms with Crippen LogP contribution in [0.3, 0.4) is 0 Å². The van der Waals surface area contributed by atoms with Crippen molar-refractivity contribution in [3.63, 3.8) is 0 Å². The van der Waals surface area contributed by atoms with E-state index >= 15 is 0 Å². The predicted molar refractivity (Wildman–Crippen MR) is 125 cm³/mol. The third-order valence-corrected chi connectivity index (χ3v) is 6.81. The Kier molecular flexibility index (Phi) is 8.74. The molecule has 0 amide bonds. The van der Waals surface area contributed by atoms with E-state index in [2.05, 4.69) is 19.0 Å². The van der Waals surface area contributed by atoms with Gasteiger partial charge in [-0.15, -0.1) is 0 Å². The minimum atomic E-state index is -0.0137. The lowest BCUT2D eigenvalue weighted by molar-refractivity contribution is -0.118. The van der Waals surface area contributed by atoms with Crippen LogP contribution in [0.5, 0.6) is 0 Å². The van der Waals surface area contributed by atoms with E-state index in [0.29, 0.717) is 36.1 Å². The van der Waals surface area contributed by atoms with E-state index in [9.17, 15) is 9.90 Å². The Morgan fingerprint density at radius 1 is 1.32 bits per heavy atom. The third-order valence-electron chi connectivity index (χ3n) is 6.46.